The molecular weight excluding hydrogens is 316 g/mol. The molecule has 4 nitrogen and oxygen atoms in total. The summed E-state index contributed by atoms with van der Waals surface area (Å²) in [5.74, 6) is 0. The summed E-state index contributed by atoms with van der Waals surface area (Å²) in [6.45, 7) is 4.08. The largest absolute Gasteiger partial charge is 0.313 e. The Kier molecular flexibility index (Phi) is 5.20. The summed E-state index contributed by atoms with van der Waals surface area (Å²) in [7, 11) is 1.97. The van der Waals surface area contributed by atoms with Crippen molar-refractivity contribution in [3.8, 4) is 0 Å². The summed E-state index contributed by atoms with van der Waals surface area (Å²) < 4.78 is 0.998. The smallest absolute Gasteiger partial charge is 0.0676 e. The van der Waals surface area contributed by atoms with Gasteiger partial charge in [0.15, 0.2) is 0 Å². The summed E-state index contributed by atoms with van der Waals surface area (Å²) in [6, 6.07) is 6.38. The first-order valence-electron chi connectivity index (χ1n) is 6.74. The van der Waals surface area contributed by atoms with Gasteiger partial charge in [-0.3, -0.25) is 4.98 Å². The maximum absolute atomic E-state index is 4.45. The Morgan fingerprint density at radius 1 is 1.30 bits per heavy atom. The van der Waals surface area contributed by atoms with E-state index in [2.05, 4.69) is 49.4 Å². The molecule has 0 aliphatic heterocycles. The van der Waals surface area contributed by atoms with Crippen LogP contribution in [-0.2, 0) is 12.8 Å². The molecule has 2 heterocycles. The molecule has 0 amide bonds. The first-order chi connectivity index (χ1) is 9.63. The highest BCUT2D eigenvalue weighted by atomic mass is 79.9. The molecule has 0 saturated carbocycles. The van der Waals surface area contributed by atoms with E-state index >= 15 is 0 Å². The Hall–Kier alpha value is -1.33. The molecule has 0 fully saturated rings. The van der Waals surface area contributed by atoms with E-state index in [1.165, 1.54) is 5.56 Å². The minimum Gasteiger partial charge on any atom is -0.313 e. The average Bonchev–Trinajstić information content (AvgIpc) is 2.46. The molecule has 1 N–H and O–H groups in total. The van der Waals surface area contributed by atoms with Gasteiger partial charge in [0.25, 0.3) is 0 Å². The van der Waals surface area contributed by atoms with Crippen LogP contribution in [0.1, 0.15) is 35.6 Å². The molecular formula is C15H19BrN4. The first kappa shape index (κ1) is 15.1. The van der Waals surface area contributed by atoms with E-state index in [1.54, 1.807) is 0 Å². The molecule has 0 radical (unpaired) electrons. The summed E-state index contributed by atoms with van der Waals surface area (Å²) in [6.07, 6.45) is 3.55. The molecule has 0 aliphatic carbocycles. The number of hydrogen-bond acceptors (Lipinski definition) is 4. The topological polar surface area (TPSA) is 50.7 Å². The molecule has 2 aromatic rings. The molecule has 0 saturated heterocycles. The van der Waals surface area contributed by atoms with Crippen LogP contribution < -0.4 is 5.32 Å². The Morgan fingerprint density at radius 3 is 2.70 bits per heavy atom. The number of hydrogen-bond donors (Lipinski definition) is 1. The zero-order valence-corrected chi connectivity index (χ0v) is 13.6. The number of likely N-dealkylation sites (N-methyl/N-ethyl adjacent to an activating group) is 1. The molecule has 2 rings (SSSR count). The van der Waals surface area contributed by atoms with Crippen LogP contribution in [0.3, 0.4) is 0 Å². The average molecular weight is 335 g/mol. The van der Waals surface area contributed by atoms with Crippen molar-refractivity contribution in [1.82, 2.24) is 20.5 Å². The number of rotatable bonds is 5. The van der Waals surface area contributed by atoms with E-state index in [4.69, 9.17) is 0 Å². The normalized spacial score (nSPS) is 12.4. The summed E-state index contributed by atoms with van der Waals surface area (Å²) in [5.41, 5.74) is 4.27. The standard InChI is InChI=1S/C15H19BrN4/c1-4-14-13(7-10(2)19-20-14)15(17-3)8-12-6-5-11(16)9-18-12/h5-7,9,15,17H,4,8H2,1-3H3. The van der Waals surface area contributed by atoms with Crippen LogP contribution >= 0.6 is 15.9 Å². The maximum Gasteiger partial charge on any atom is 0.0676 e. The van der Waals surface area contributed by atoms with Gasteiger partial charge in [0, 0.05) is 28.8 Å². The van der Waals surface area contributed by atoms with Gasteiger partial charge in [0.1, 0.15) is 0 Å². The number of aryl methyl sites for hydroxylation is 2. The lowest BCUT2D eigenvalue weighted by molar-refractivity contribution is 0.571. The molecule has 106 valence electrons. The van der Waals surface area contributed by atoms with Crippen LogP contribution in [0.15, 0.2) is 28.9 Å². The minimum atomic E-state index is 0.202. The van der Waals surface area contributed by atoms with Gasteiger partial charge in [0.2, 0.25) is 0 Å². The van der Waals surface area contributed by atoms with Crippen molar-refractivity contribution in [1.29, 1.82) is 0 Å². The first-order valence-corrected chi connectivity index (χ1v) is 7.54. The van der Waals surface area contributed by atoms with Crippen LogP contribution in [-0.4, -0.2) is 22.2 Å². The lowest BCUT2D eigenvalue weighted by atomic mass is 9.99. The predicted octanol–water partition coefficient (Wildman–Crippen LogP) is 3.01. The number of halogens is 1. The van der Waals surface area contributed by atoms with Gasteiger partial charge in [-0.2, -0.15) is 10.2 Å². The highest BCUT2D eigenvalue weighted by Crippen LogP contribution is 2.21. The van der Waals surface area contributed by atoms with E-state index in [0.29, 0.717) is 0 Å². The van der Waals surface area contributed by atoms with E-state index in [1.807, 2.05) is 32.3 Å². The van der Waals surface area contributed by atoms with Crippen molar-refractivity contribution >= 4 is 15.9 Å². The van der Waals surface area contributed by atoms with E-state index in [-0.39, 0.29) is 6.04 Å². The Morgan fingerprint density at radius 2 is 2.10 bits per heavy atom. The predicted molar refractivity (Wildman–Crippen MR) is 83.6 cm³/mol. The number of pyridine rings is 1. The fourth-order valence-corrected chi connectivity index (χ4v) is 2.45. The van der Waals surface area contributed by atoms with E-state index in [9.17, 15) is 0 Å². The highest BCUT2D eigenvalue weighted by Gasteiger charge is 2.16. The SMILES string of the molecule is CCc1nnc(C)cc1C(Cc1ccc(Br)cn1)NC. The third kappa shape index (κ3) is 3.61. The Bertz CT molecular complexity index is 569. The van der Waals surface area contributed by atoms with Gasteiger partial charge in [-0.15, -0.1) is 0 Å². The lowest BCUT2D eigenvalue weighted by Crippen LogP contribution is -2.22. The van der Waals surface area contributed by atoms with Crippen molar-refractivity contribution in [3.63, 3.8) is 0 Å². The van der Waals surface area contributed by atoms with Gasteiger partial charge in [-0.05, 0) is 60.1 Å². The fraction of sp³-hybridized carbons (Fsp3) is 0.400. The Labute approximate surface area is 128 Å². The molecule has 1 atom stereocenters. The molecule has 2 aromatic heterocycles. The quantitative estimate of drug-likeness (QED) is 0.913. The van der Waals surface area contributed by atoms with Gasteiger partial charge >= 0.3 is 0 Å². The van der Waals surface area contributed by atoms with Crippen LogP contribution in [0.2, 0.25) is 0 Å². The molecule has 1 unspecified atom stereocenters. The number of nitrogens with one attached hydrogen (secondary N) is 1. The van der Waals surface area contributed by atoms with Crippen molar-refractivity contribution in [3.05, 3.63) is 51.5 Å². The van der Waals surface area contributed by atoms with Crippen LogP contribution in [0.4, 0.5) is 0 Å². The summed E-state index contributed by atoms with van der Waals surface area (Å²) in [4.78, 5) is 4.45. The molecule has 0 aliphatic rings. The molecule has 20 heavy (non-hydrogen) atoms. The Balaban J connectivity index is 2.28. The zero-order chi connectivity index (χ0) is 14.5. The van der Waals surface area contributed by atoms with Crippen molar-refractivity contribution in [2.45, 2.75) is 32.7 Å². The van der Waals surface area contributed by atoms with E-state index < -0.39 is 0 Å². The third-order valence-electron chi connectivity index (χ3n) is 3.29. The zero-order valence-electron chi connectivity index (χ0n) is 12.0. The summed E-state index contributed by atoms with van der Waals surface area (Å²) >= 11 is 3.41. The maximum atomic E-state index is 4.45. The second kappa shape index (κ2) is 6.90. The van der Waals surface area contributed by atoms with Gasteiger partial charge in [0.05, 0.1) is 11.4 Å². The monoisotopic (exact) mass is 334 g/mol. The molecule has 0 bridgehead atoms. The molecule has 0 spiro atoms. The second-order valence-corrected chi connectivity index (χ2v) is 5.67. The van der Waals surface area contributed by atoms with Crippen molar-refractivity contribution < 1.29 is 0 Å². The molecule has 5 heteroatoms. The number of aromatic nitrogens is 3. The van der Waals surface area contributed by atoms with Crippen molar-refractivity contribution in [2.75, 3.05) is 7.05 Å². The van der Waals surface area contributed by atoms with Gasteiger partial charge in [-0.1, -0.05) is 6.92 Å². The van der Waals surface area contributed by atoms with Crippen molar-refractivity contribution in [2.24, 2.45) is 0 Å². The van der Waals surface area contributed by atoms with Gasteiger partial charge in [-0.25, -0.2) is 0 Å². The van der Waals surface area contributed by atoms with Gasteiger partial charge < -0.3 is 5.32 Å². The third-order valence-corrected chi connectivity index (χ3v) is 3.76. The molecule has 0 aromatic carbocycles. The number of nitrogens with zero attached hydrogens (tertiary/aromatic N) is 3. The summed E-state index contributed by atoms with van der Waals surface area (Å²) in [5, 5.41) is 11.8. The minimum absolute atomic E-state index is 0.202. The lowest BCUT2D eigenvalue weighted by Gasteiger charge is -2.19. The van der Waals surface area contributed by atoms with Crippen LogP contribution in [0.25, 0.3) is 0 Å². The second-order valence-electron chi connectivity index (χ2n) is 4.75. The van der Waals surface area contributed by atoms with E-state index in [0.717, 1.165) is 34.4 Å². The van der Waals surface area contributed by atoms with Crippen LogP contribution in [0, 0.1) is 6.92 Å². The van der Waals surface area contributed by atoms with Crippen LogP contribution in [0.5, 0.6) is 0 Å². The fourth-order valence-electron chi connectivity index (χ4n) is 2.21. The highest BCUT2D eigenvalue weighted by molar-refractivity contribution is 9.10.